The maximum absolute atomic E-state index is 11.1. The normalized spacial score (nSPS) is 35.9. The summed E-state index contributed by atoms with van der Waals surface area (Å²) < 4.78 is 5.85. The summed E-state index contributed by atoms with van der Waals surface area (Å²) in [6, 6.07) is 0. The van der Waals surface area contributed by atoms with Crippen LogP contribution in [0.1, 0.15) is 45.4 Å². The van der Waals surface area contributed by atoms with E-state index < -0.39 is 0 Å². The molecule has 0 amide bonds. The predicted molar refractivity (Wildman–Crippen MR) is 55.1 cm³/mol. The molecule has 1 aliphatic heterocycles. The second-order valence-corrected chi connectivity index (χ2v) is 4.93. The van der Waals surface area contributed by atoms with Crippen LogP contribution < -0.4 is 0 Å². The van der Waals surface area contributed by atoms with Gasteiger partial charge in [-0.3, -0.25) is 4.79 Å². The molecule has 1 aliphatic carbocycles. The molecular weight excluding hydrogens is 176 g/mol. The molecule has 0 aromatic heterocycles. The van der Waals surface area contributed by atoms with E-state index in [1.165, 1.54) is 12.8 Å². The number of carbonyl (C=O) groups is 1. The third-order valence-corrected chi connectivity index (χ3v) is 3.65. The van der Waals surface area contributed by atoms with E-state index in [4.69, 9.17) is 4.74 Å². The van der Waals surface area contributed by atoms with Crippen molar-refractivity contribution in [3.8, 4) is 0 Å². The van der Waals surface area contributed by atoms with Gasteiger partial charge in [0.05, 0.1) is 6.10 Å². The highest BCUT2D eigenvalue weighted by molar-refractivity contribution is 5.79. The van der Waals surface area contributed by atoms with E-state index in [9.17, 15) is 4.79 Å². The van der Waals surface area contributed by atoms with E-state index in [0.29, 0.717) is 17.8 Å². The fourth-order valence-corrected chi connectivity index (χ4v) is 2.61. The smallest absolute Gasteiger partial charge is 0.132 e. The molecule has 14 heavy (non-hydrogen) atoms. The molecule has 0 bridgehead atoms. The molecule has 1 heterocycles. The molecule has 0 aromatic carbocycles. The lowest BCUT2D eigenvalue weighted by Crippen LogP contribution is -2.33. The average molecular weight is 196 g/mol. The number of ether oxygens (including phenoxy) is 1. The van der Waals surface area contributed by atoms with Crippen molar-refractivity contribution in [1.82, 2.24) is 0 Å². The van der Waals surface area contributed by atoms with Crippen LogP contribution >= 0.6 is 0 Å². The zero-order valence-electron chi connectivity index (χ0n) is 9.00. The van der Waals surface area contributed by atoms with Crippen molar-refractivity contribution in [2.24, 2.45) is 11.8 Å². The molecule has 1 saturated heterocycles. The first kappa shape index (κ1) is 10.2. The van der Waals surface area contributed by atoms with Gasteiger partial charge in [-0.05, 0) is 37.5 Å². The van der Waals surface area contributed by atoms with Gasteiger partial charge in [0, 0.05) is 19.4 Å². The van der Waals surface area contributed by atoms with E-state index in [1.807, 2.05) is 0 Å². The first-order valence-electron chi connectivity index (χ1n) is 5.89. The van der Waals surface area contributed by atoms with Gasteiger partial charge < -0.3 is 4.74 Å². The van der Waals surface area contributed by atoms with Gasteiger partial charge in [0.1, 0.15) is 5.78 Å². The summed E-state index contributed by atoms with van der Waals surface area (Å²) in [4.78, 5) is 11.1. The summed E-state index contributed by atoms with van der Waals surface area (Å²) in [5.41, 5.74) is 0. The Hall–Kier alpha value is -0.370. The van der Waals surface area contributed by atoms with Crippen LogP contribution in [-0.4, -0.2) is 18.5 Å². The highest BCUT2D eigenvalue weighted by atomic mass is 16.5. The van der Waals surface area contributed by atoms with Crippen molar-refractivity contribution in [1.29, 1.82) is 0 Å². The topological polar surface area (TPSA) is 26.3 Å². The molecule has 2 rings (SSSR count). The quantitative estimate of drug-likeness (QED) is 0.644. The number of ketones is 1. The molecule has 0 radical (unpaired) electrons. The van der Waals surface area contributed by atoms with Crippen LogP contribution in [0, 0.1) is 11.8 Å². The number of rotatable bonds is 1. The molecular formula is C12H20O2. The van der Waals surface area contributed by atoms with E-state index in [0.717, 1.165) is 38.2 Å². The monoisotopic (exact) mass is 196 g/mol. The summed E-state index contributed by atoms with van der Waals surface area (Å²) in [5.74, 6) is 1.85. The maximum Gasteiger partial charge on any atom is 0.132 e. The molecule has 1 saturated carbocycles. The molecule has 2 atom stereocenters. The van der Waals surface area contributed by atoms with Crippen molar-refractivity contribution in [2.75, 3.05) is 6.61 Å². The number of Topliss-reactive ketones (excluding diaryl/α,β-unsaturated/α-hetero) is 1. The third kappa shape index (κ3) is 2.35. The number of carbonyl (C=O) groups excluding carboxylic acids is 1. The second-order valence-electron chi connectivity index (χ2n) is 4.93. The Balaban J connectivity index is 1.81. The van der Waals surface area contributed by atoms with Gasteiger partial charge in [-0.25, -0.2) is 0 Å². The van der Waals surface area contributed by atoms with E-state index in [2.05, 4.69) is 6.92 Å². The van der Waals surface area contributed by atoms with Crippen molar-refractivity contribution >= 4 is 5.78 Å². The lowest BCUT2D eigenvalue weighted by Gasteiger charge is -2.34. The molecule has 2 heteroatoms. The minimum atomic E-state index is 0.449. The lowest BCUT2D eigenvalue weighted by atomic mass is 9.81. The Morgan fingerprint density at radius 3 is 2.43 bits per heavy atom. The van der Waals surface area contributed by atoms with Crippen molar-refractivity contribution in [3.05, 3.63) is 0 Å². The van der Waals surface area contributed by atoms with Gasteiger partial charge in [0.15, 0.2) is 0 Å². The van der Waals surface area contributed by atoms with Crippen LogP contribution in [0.25, 0.3) is 0 Å². The first-order valence-corrected chi connectivity index (χ1v) is 5.89. The number of hydrogen-bond acceptors (Lipinski definition) is 2. The van der Waals surface area contributed by atoms with Gasteiger partial charge in [0.25, 0.3) is 0 Å². The maximum atomic E-state index is 11.1. The van der Waals surface area contributed by atoms with Crippen molar-refractivity contribution < 1.29 is 9.53 Å². The van der Waals surface area contributed by atoms with Crippen LogP contribution in [0.4, 0.5) is 0 Å². The summed E-state index contributed by atoms with van der Waals surface area (Å²) in [7, 11) is 0. The Kier molecular flexibility index (Phi) is 3.22. The molecule has 2 fully saturated rings. The molecule has 2 unspecified atom stereocenters. The van der Waals surface area contributed by atoms with Gasteiger partial charge in [-0.2, -0.15) is 0 Å². The standard InChI is InChI=1S/C12H20O2/c1-9-2-7-12(14-8-9)10-3-5-11(13)6-4-10/h9-10,12H,2-8H2,1H3. The van der Waals surface area contributed by atoms with Crippen LogP contribution in [0.3, 0.4) is 0 Å². The summed E-state index contributed by atoms with van der Waals surface area (Å²) >= 11 is 0. The van der Waals surface area contributed by atoms with Gasteiger partial charge in [-0.15, -0.1) is 0 Å². The van der Waals surface area contributed by atoms with E-state index in [1.54, 1.807) is 0 Å². The summed E-state index contributed by atoms with van der Waals surface area (Å²) in [6.45, 7) is 3.18. The SMILES string of the molecule is CC1CCC(C2CCC(=O)CC2)OC1. The van der Waals surface area contributed by atoms with Crippen LogP contribution in [-0.2, 0) is 9.53 Å². The van der Waals surface area contributed by atoms with Crippen LogP contribution in [0.5, 0.6) is 0 Å². The molecule has 0 aromatic rings. The summed E-state index contributed by atoms with van der Waals surface area (Å²) in [6.07, 6.45) is 6.68. The zero-order valence-corrected chi connectivity index (χ0v) is 9.00. The fraction of sp³-hybridized carbons (Fsp3) is 0.917. The molecule has 0 N–H and O–H groups in total. The van der Waals surface area contributed by atoms with E-state index >= 15 is 0 Å². The second kappa shape index (κ2) is 4.43. The van der Waals surface area contributed by atoms with E-state index in [-0.39, 0.29) is 0 Å². The van der Waals surface area contributed by atoms with Gasteiger partial charge >= 0.3 is 0 Å². The highest BCUT2D eigenvalue weighted by Crippen LogP contribution is 2.32. The van der Waals surface area contributed by atoms with Crippen LogP contribution in [0.15, 0.2) is 0 Å². The Labute approximate surface area is 86.0 Å². The Morgan fingerprint density at radius 1 is 1.14 bits per heavy atom. The predicted octanol–water partition coefficient (Wildman–Crippen LogP) is 2.56. The fourth-order valence-electron chi connectivity index (χ4n) is 2.61. The first-order chi connectivity index (χ1) is 6.75. The molecule has 80 valence electrons. The highest BCUT2D eigenvalue weighted by Gasteiger charge is 2.29. The van der Waals surface area contributed by atoms with Crippen molar-refractivity contribution in [3.63, 3.8) is 0 Å². The molecule has 2 nitrogen and oxygen atoms in total. The zero-order chi connectivity index (χ0) is 9.97. The average Bonchev–Trinajstić information content (AvgIpc) is 2.21. The largest absolute Gasteiger partial charge is 0.378 e. The molecule has 2 aliphatic rings. The summed E-state index contributed by atoms with van der Waals surface area (Å²) in [5, 5.41) is 0. The lowest BCUT2D eigenvalue weighted by molar-refractivity contribution is -0.123. The Bertz CT molecular complexity index is 194. The minimum Gasteiger partial charge on any atom is -0.378 e. The minimum absolute atomic E-state index is 0.449. The third-order valence-electron chi connectivity index (χ3n) is 3.65. The van der Waals surface area contributed by atoms with Gasteiger partial charge in [0.2, 0.25) is 0 Å². The van der Waals surface area contributed by atoms with Crippen LogP contribution in [0.2, 0.25) is 0 Å². The Morgan fingerprint density at radius 2 is 1.86 bits per heavy atom. The van der Waals surface area contributed by atoms with Crippen molar-refractivity contribution in [2.45, 2.75) is 51.6 Å². The molecule has 0 spiro atoms. The van der Waals surface area contributed by atoms with Gasteiger partial charge in [-0.1, -0.05) is 6.92 Å². The number of hydrogen-bond donors (Lipinski definition) is 0.